The fourth-order valence-electron chi connectivity index (χ4n) is 4.03. The van der Waals surface area contributed by atoms with Gasteiger partial charge in [0.2, 0.25) is 0 Å². The highest BCUT2D eigenvalue weighted by Crippen LogP contribution is 2.27. The molecule has 2 aliphatic rings. The van der Waals surface area contributed by atoms with Crippen LogP contribution in [0.3, 0.4) is 0 Å². The predicted octanol–water partition coefficient (Wildman–Crippen LogP) is 2.52. The number of rotatable bonds is 2. The maximum atomic E-state index is 10.7. The molecule has 132 valence electrons. The molecular formula is C19H23ClN4O. The summed E-state index contributed by atoms with van der Waals surface area (Å²) in [5.74, 6) is 0.844. The lowest BCUT2D eigenvalue weighted by Crippen LogP contribution is -2.46. The van der Waals surface area contributed by atoms with Crippen molar-refractivity contribution < 1.29 is 5.11 Å². The van der Waals surface area contributed by atoms with Crippen LogP contribution in [0.4, 0.5) is 5.82 Å². The molecule has 5 nitrogen and oxygen atoms in total. The lowest BCUT2D eigenvalue weighted by molar-refractivity contribution is 0.0394. The van der Waals surface area contributed by atoms with E-state index in [1.165, 1.54) is 17.5 Å². The van der Waals surface area contributed by atoms with Crippen LogP contribution in [0, 0.1) is 0 Å². The summed E-state index contributed by atoms with van der Waals surface area (Å²) in [6, 6.07) is 10.6. The summed E-state index contributed by atoms with van der Waals surface area (Å²) < 4.78 is 0. The van der Waals surface area contributed by atoms with E-state index in [1.807, 2.05) is 0 Å². The molecule has 3 heterocycles. The zero-order valence-corrected chi connectivity index (χ0v) is 14.9. The van der Waals surface area contributed by atoms with E-state index in [2.05, 4.69) is 44.0 Å². The Balaban J connectivity index is 1.47. The number of aromatic nitrogens is 2. The molecule has 0 aliphatic carbocycles. The molecule has 4 rings (SSSR count). The van der Waals surface area contributed by atoms with Crippen LogP contribution in [-0.4, -0.2) is 51.8 Å². The van der Waals surface area contributed by atoms with Gasteiger partial charge in [0.05, 0.1) is 6.10 Å². The van der Waals surface area contributed by atoms with Gasteiger partial charge in [-0.3, -0.25) is 4.90 Å². The van der Waals surface area contributed by atoms with E-state index in [1.54, 1.807) is 6.07 Å². The van der Waals surface area contributed by atoms with Crippen molar-refractivity contribution in [3.8, 4) is 0 Å². The number of nitrogens with zero attached hydrogens (tertiary/aromatic N) is 4. The Kier molecular flexibility index (Phi) is 4.88. The summed E-state index contributed by atoms with van der Waals surface area (Å²) in [5, 5.41) is 11.2. The van der Waals surface area contributed by atoms with Crippen molar-refractivity contribution in [2.24, 2.45) is 0 Å². The molecule has 1 aromatic heterocycles. The second-order valence-corrected chi connectivity index (χ2v) is 7.27. The van der Waals surface area contributed by atoms with Crippen LogP contribution in [0.15, 0.2) is 36.7 Å². The molecule has 1 fully saturated rings. The molecule has 0 bridgehead atoms. The third-order valence-corrected chi connectivity index (χ3v) is 5.61. The predicted molar refractivity (Wildman–Crippen MR) is 98.8 cm³/mol. The first kappa shape index (κ1) is 16.8. The van der Waals surface area contributed by atoms with Crippen LogP contribution in [0.1, 0.15) is 24.0 Å². The molecule has 1 saturated heterocycles. The Labute approximate surface area is 153 Å². The van der Waals surface area contributed by atoms with Crippen LogP contribution in [0.2, 0.25) is 5.15 Å². The molecule has 2 atom stereocenters. The number of halogens is 1. The van der Waals surface area contributed by atoms with E-state index < -0.39 is 0 Å². The number of aliphatic hydroxyl groups is 1. The van der Waals surface area contributed by atoms with E-state index in [4.69, 9.17) is 11.6 Å². The molecule has 2 aromatic rings. The third-order valence-electron chi connectivity index (χ3n) is 5.41. The third kappa shape index (κ3) is 3.64. The smallest absolute Gasteiger partial charge is 0.134 e. The van der Waals surface area contributed by atoms with Gasteiger partial charge < -0.3 is 10.0 Å². The first-order valence-corrected chi connectivity index (χ1v) is 9.30. The van der Waals surface area contributed by atoms with Crippen LogP contribution < -0.4 is 4.90 Å². The van der Waals surface area contributed by atoms with Gasteiger partial charge in [-0.25, -0.2) is 9.97 Å². The zero-order valence-electron chi connectivity index (χ0n) is 14.2. The van der Waals surface area contributed by atoms with Crippen molar-refractivity contribution in [2.45, 2.75) is 38.0 Å². The number of hydrogen-bond acceptors (Lipinski definition) is 5. The Morgan fingerprint density at radius 2 is 1.84 bits per heavy atom. The first-order valence-electron chi connectivity index (χ1n) is 8.92. The van der Waals surface area contributed by atoms with E-state index in [-0.39, 0.29) is 12.1 Å². The molecule has 25 heavy (non-hydrogen) atoms. The maximum absolute atomic E-state index is 10.7. The summed E-state index contributed by atoms with van der Waals surface area (Å²) >= 11 is 6.00. The zero-order chi connectivity index (χ0) is 17.2. The van der Waals surface area contributed by atoms with Gasteiger partial charge in [-0.15, -0.1) is 0 Å². The Bertz CT molecular complexity index is 741. The molecule has 0 spiro atoms. The number of anilines is 1. The normalized spacial score (nSPS) is 24.6. The fraction of sp³-hybridized carbons (Fsp3) is 0.474. The second-order valence-electron chi connectivity index (χ2n) is 6.89. The van der Waals surface area contributed by atoms with Gasteiger partial charge >= 0.3 is 0 Å². The van der Waals surface area contributed by atoms with Gasteiger partial charge in [-0.05, 0) is 30.4 Å². The van der Waals surface area contributed by atoms with E-state index in [0.717, 1.165) is 51.3 Å². The van der Waals surface area contributed by atoms with Gasteiger partial charge in [0.1, 0.15) is 17.3 Å². The van der Waals surface area contributed by atoms with Gasteiger partial charge in [-0.1, -0.05) is 35.9 Å². The van der Waals surface area contributed by atoms with Crippen molar-refractivity contribution in [3.05, 3.63) is 52.9 Å². The van der Waals surface area contributed by atoms with Crippen molar-refractivity contribution in [3.63, 3.8) is 0 Å². The highest BCUT2D eigenvalue weighted by atomic mass is 35.5. The molecule has 1 aromatic carbocycles. The highest BCUT2D eigenvalue weighted by Gasteiger charge is 2.31. The first-order chi connectivity index (χ1) is 12.2. The van der Waals surface area contributed by atoms with Crippen molar-refractivity contribution >= 4 is 17.4 Å². The number of fused-ring (bicyclic) bond motifs is 1. The summed E-state index contributed by atoms with van der Waals surface area (Å²) in [6.45, 7) is 3.60. The van der Waals surface area contributed by atoms with Crippen molar-refractivity contribution in [1.82, 2.24) is 14.9 Å². The van der Waals surface area contributed by atoms with E-state index >= 15 is 0 Å². The average molecular weight is 359 g/mol. The average Bonchev–Trinajstić information content (AvgIpc) is 2.83. The van der Waals surface area contributed by atoms with Crippen molar-refractivity contribution in [2.75, 3.05) is 24.5 Å². The van der Waals surface area contributed by atoms with Gasteiger partial charge in [-0.2, -0.15) is 0 Å². The lowest BCUT2D eigenvalue weighted by Gasteiger charge is -2.37. The van der Waals surface area contributed by atoms with E-state index in [9.17, 15) is 5.11 Å². The molecule has 6 heteroatoms. The molecule has 0 amide bonds. The minimum absolute atomic E-state index is 0.190. The quantitative estimate of drug-likeness (QED) is 0.836. The molecular weight excluding hydrogens is 336 g/mol. The lowest BCUT2D eigenvalue weighted by atomic mass is 9.96. The van der Waals surface area contributed by atoms with Gasteiger partial charge in [0, 0.05) is 38.3 Å². The van der Waals surface area contributed by atoms with Crippen LogP contribution in [-0.2, 0) is 13.0 Å². The maximum Gasteiger partial charge on any atom is 0.134 e. The topological polar surface area (TPSA) is 52.5 Å². The van der Waals surface area contributed by atoms with Crippen LogP contribution >= 0.6 is 11.6 Å². The van der Waals surface area contributed by atoms with Crippen LogP contribution in [0.25, 0.3) is 0 Å². The standard InChI is InChI=1S/C19H23ClN4O/c20-18-11-19(22-13-21-18)23-9-6-16(17(25)7-10-23)24-8-5-14-3-1-2-4-15(14)12-24/h1-4,11,13,16-17,25H,5-10,12H2/t16-,17-/m1/s1. The highest BCUT2D eigenvalue weighted by molar-refractivity contribution is 6.29. The van der Waals surface area contributed by atoms with Crippen molar-refractivity contribution in [1.29, 1.82) is 0 Å². The summed E-state index contributed by atoms with van der Waals surface area (Å²) in [6.07, 6.45) is 3.91. The minimum atomic E-state index is -0.312. The summed E-state index contributed by atoms with van der Waals surface area (Å²) in [4.78, 5) is 12.9. The second kappa shape index (κ2) is 7.28. The summed E-state index contributed by atoms with van der Waals surface area (Å²) in [7, 11) is 0. The molecule has 0 unspecified atom stereocenters. The SMILES string of the molecule is O[C@@H]1CCN(c2cc(Cl)ncn2)CC[C@H]1N1CCc2ccccc2C1. The Hall–Kier alpha value is -1.69. The minimum Gasteiger partial charge on any atom is -0.391 e. The monoisotopic (exact) mass is 358 g/mol. The van der Waals surface area contributed by atoms with Gasteiger partial charge in [0.25, 0.3) is 0 Å². The largest absolute Gasteiger partial charge is 0.391 e. The van der Waals surface area contributed by atoms with Gasteiger partial charge in [0.15, 0.2) is 0 Å². The molecule has 0 radical (unpaired) electrons. The number of aliphatic hydroxyl groups excluding tert-OH is 1. The van der Waals surface area contributed by atoms with Crippen LogP contribution in [0.5, 0.6) is 0 Å². The number of benzene rings is 1. The Morgan fingerprint density at radius 3 is 2.68 bits per heavy atom. The van der Waals surface area contributed by atoms with E-state index in [0.29, 0.717) is 5.15 Å². The Morgan fingerprint density at radius 1 is 1.04 bits per heavy atom. The molecule has 2 aliphatic heterocycles. The summed E-state index contributed by atoms with van der Waals surface area (Å²) in [5.41, 5.74) is 2.84. The molecule has 1 N–H and O–H groups in total. The number of hydrogen-bond donors (Lipinski definition) is 1. The fourth-order valence-corrected chi connectivity index (χ4v) is 4.17. The molecule has 0 saturated carbocycles.